The first-order valence-corrected chi connectivity index (χ1v) is 11.2. The van der Waals surface area contributed by atoms with E-state index in [1.165, 1.54) is 11.1 Å². The second-order valence-corrected chi connectivity index (χ2v) is 8.44. The second-order valence-electron chi connectivity index (χ2n) is 8.44. The molecule has 0 heterocycles. The lowest BCUT2D eigenvalue weighted by atomic mass is 10.0. The Balaban J connectivity index is 1.59. The molecule has 2 N–H and O–H groups in total. The van der Waals surface area contributed by atoms with Crippen molar-refractivity contribution in [2.24, 2.45) is 10.2 Å². The van der Waals surface area contributed by atoms with Gasteiger partial charge in [0.15, 0.2) is 0 Å². The van der Waals surface area contributed by atoms with E-state index in [1.54, 1.807) is 12.4 Å². The van der Waals surface area contributed by atoms with Crippen LogP contribution >= 0.6 is 0 Å². The van der Waals surface area contributed by atoms with Gasteiger partial charge in [-0.25, -0.2) is 10.9 Å². The van der Waals surface area contributed by atoms with Crippen LogP contribution in [0.25, 0.3) is 0 Å². The van der Waals surface area contributed by atoms with E-state index in [4.69, 9.17) is 0 Å². The molecule has 0 atom stereocenters. The molecule has 2 amide bonds. The monoisotopic (exact) mass is 434 g/mol. The minimum absolute atomic E-state index is 0.164. The van der Waals surface area contributed by atoms with Gasteiger partial charge >= 0.3 is 0 Å². The lowest BCUT2D eigenvalue weighted by Gasteiger charge is -2.04. The molecule has 0 spiro atoms. The smallest absolute Gasteiger partial charge is 0.240 e. The van der Waals surface area contributed by atoms with E-state index < -0.39 is 0 Å². The quantitative estimate of drug-likeness (QED) is 0.293. The zero-order valence-electron chi connectivity index (χ0n) is 19.5. The summed E-state index contributed by atoms with van der Waals surface area (Å²) in [4.78, 5) is 23.7. The van der Waals surface area contributed by atoms with Crippen LogP contribution in [0.5, 0.6) is 0 Å². The van der Waals surface area contributed by atoms with Crippen molar-refractivity contribution in [2.45, 2.75) is 65.2 Å². The average molecular weight is 435 g/mol. The van der Waals surface area contributed by atoms with E-state index in [2.05, 4.69) is 73.0 Å². The Hall–Kier alpha value is -3.28. The van der Waals surface area contributed by atoms with Crippen molar-refractivity contribution < 1.29 is 9.59 Å². The van der Waals surface area contributed by atoms with E-state index in [-0.39, 0.29) is 11.8 Å². The fraction of sp³-hybridized carbons (Fsp3) is 0.385. The number of nitrogens with one attached hydrogen (secondary N) is 2. The highest BCUT2D eigenvalue weighted by Gasteiger charge is 2.03. The van der Waals surface area contributed by atoms with Gasteiger partial charge in [-0.1, -0.05) is 76.2 Å². The van der Waals surface area contributed by atoms with Crippen molar-refractivity contribution in [3.8, 4) is 0 Å². The molecular weight excluding hydrogens is 400 g/mol. The van der Waals surface area contributed by atoms with Crippen molar-refractivity contribution >= 4 is 24.2 Å². The Morgan fingerprint density at radius 2 is 1.03 bits per heavy atom. The maximum atomic E-state index is 11.9. The number of amides is 2. The molecule has 2 aromatic carbocycles. The standard InChI is InChI=1S/C26H34N4O2/c1-19(2)23-13-9-21(10-14-23)17-27-29-25(31)7-5-6-8-26(32)30-28-18-22-11-15-24(16-12-22)20(3)4/h9-20H,5-8H2,1-4H3,(H,29,31)(H,30,32)/b27-17-,28-18?. The van der Waals surface area contributed by atoms with Crippen LogP contribution in [0.1, 0.15) is 87.5 Å². The van der Waals surface area contributed by atoms with Gasteiger partial charge in [-0.2, -0.15) is 10.2 Å². The van der Waals surface area contributed by atoms with Crippen LogP contribution in [-0.2, 0) is 9.59 Å². The summed E-state index contributed by atoms with van der Waals surface area (Å²) in [5.41, 5.74) is 9.45. The lowest BCUT2D eigenvalue weighted by molar-refractivity contribution is -0.123. The van der Waals surface area contributed by atoms with Crippen LogP contribution < -0.4 is 10.9 Å². The molecule has 0 bridgehead atoms. The molecule has 0 aromatic heterocycles. The topological polar surface area (TPSA) is 82.9 Å². The number of unbranched alkanes of at least 4 members (excludes halogenated alkanes) is 1. The van der Waals surface area contributed by atoms with Crippen LogP contribution in [0.3, 0.4) is 0 Å². The van der Waals surface area contributed by atoms with Crippen molar-refractivity contribution in [3.63, 3.8) is 0 Å². The molecule has 32 heavy (non-hydrogen) atoms. The molecule has 0 aliphatic carbocycles. The zero-order chi connectivity index (χ0) is 23.3. The van der Waals surface area contributed by atoms with Crippen LogP contribution in [0.4, 0.5) is 0 Å². The van der Waals surface area contributed by atoms with Crippen molar-refractivity contribution in [3.05, 3.63) is 70.8 Å². The van der Waals surface area contributed by atoms with Gasteiger partial charge in [0.25, 0.3) is 0 Å². The maximum absolute atomic E-state index is 11.9. The molecule has 2 rings (SSSR count). The SMILES string of the molecule is CC(C)c1ccc(C=NNC(=O)CCCCC(=O)N/N=C\c2ccc(C(C)C)cc2)cc1. The fourth-order valence-corrected chi connectivity index (χ4v) is 2.97. The number of hydrogen-bond acceptors (Lipinski definition) is 4. The van der Waals surface area contributed by atoms with E-state index in [1.807, 2.05) is 24.3 Å². The molecule has 6 heteroatoms. The van der Waals surface area contributed by atoms with Crippen LogP contribution in [-0.4, -0.2) is 24.2 Å². The summed E-state index contributed by atoms with van der Waals surface area (Å²) in [7, 11) is 0. The van der Waals surface area contributed by atoms with Crippen LogP contribution in [0.15, 0.2) is 58.7 Å². The van der Waals surface area contributed by atoms with Gasteiger partial charge in [0.05, 0.1) is 12.4 Å². The minimum Gasteiger partial charge on any atom is -0.273 e. The van der Waals surface area contributed by atoms with Gasteiger partial charge in [-0.3, -0.25) is 9.59 Å². The Morgan fingerprint density at radius 1 is 0.688 bits per heavy atom. The van der Waals surface area contributed by atoms with Gasteiger partial charge in [-0.15, -0.1) is 0 Å². The zero-order valence-corrected chi connectivity index (χ0v) is 19.5. The molecule has 0 saturated carbocycles. The predicted molar refractivity (Wildman–Crippen MR) is 131 cm³/mol. The second kappa shape index (κ2) is 13.2. The number of carbonyl (C=O) groups excluding carboxylic acids is 2. The third-order valence-electron chi connectivity index (χ3n) is 5.07. The summed E-state index contributed by atoms with van der Waals surface area (Å²) in [5.74, 6) is 0.639. The first kappa shape index (κ1) is 25.0. The van der Waals surface area contributed by atoms with E-state index in [9.17, 15) is 9.59 Å². The molecule has 0 fully saturated rings. The number of benzene rings is 2. The largest absolute Gasteiger partial charge is 0.273 e. The summed E-state index contributed by atoms with van der Waals surface area (Å²) < 4.78 is 0. The van der Waals surface area contributed by atoms with Gasteiger partial charge in [0.1, 0.15) is 0 Å². The van der Waals surface area contributed by atoms with Crippen LogP contribution in [0, 0.1) is 0 Å². The normalized spacial score (nSPS) is 11.6. The van der Waals surface area contributed by atoms with E-state index in [0.29, 0.717) is 37.5 Å². The summed E-state index contributed by atoms with van der Waals surface area (Å²) in [6, 6.07) is 16.2. The maximum Gasteiger partial charge on any atom is 0.240 e. The lowest BCUT2D eigenvalue weighted by Crippen LogP contribution is -2.19. The average Bonchev–Trinajstić information content (AvgIpc) is 2.77. The summed E-state index contributed by atoms with van der Waals surface area (Å²) in [6.07, 6.45) is 5.12. The number of hydrazone groups is 2. The Kier molecular flexibility index (Phi) is 10.3. The number of rotatable bonds is 11. The highest BCUT2D eigenvalue weighted by Crippen LogP contribution is 2.14. The molecule has 0 saturated heterocycles. The van der Waals surface area contributed by atoms with Gasteiger partial charge < -0.3 is 0 Å². The molecule has 0 aliphatic rings. The van der Waals surface area contributed by atoms with Crippen molar-refractivity contribution in [1.82, 2.24) is 10.9 Å². The third-order valence-corrected chi connectivity index (χ3v) is 5.07. The highest BCUT2D eigenvalue weighted by molar-refractivity contribution is 5.83. The van der Waals surface area contributed by atoms with Gasteiger partial charge in [0.2, 0.25) is 11.8 Å². The van der Waals surface area contributed by atoms with Gasteiger partial charge in [-0.05, 0) is 46.9 Å². The predicted octanol–water partition coefficient (Wildman–Crippen LogP) is 5.09. The van der Waals surface area contributed by atoms with Crippen molar-refractivity contribution in [2.75, 3.05) is 0 Å². The summed E-state index contributed by atoms with van der Waals surface area (Å²) >= 11 is 0. The van der Waals surface area contributed by atoms with E-state index in [0.717, 1.165) is 11.1 Å². The Bertz CT molecular complexity index is 836. The fourth-order valence-electron chi connectivity index (χ4n) is 2.97. The molecule has 0 unspecified atom stereocenters. The number of hydrogen-bond donors (Lipinski definition) is 2. The number of carbonyl (C=O) groups is 2. The number of nitrogens with zero attached hydrogens (tertiary/aromatic N) is 2. The summed E-state index contributed by atoms with van der Waals surface area (Å²) in [6.45, 7) is 8.58. The molecular formula is C26H34N4O2. The minimum atomic E-state index is -0.164. The van der Waals surface area contributed by atoms with Gasteiger partial charge in [0, 0.05) is 12.8 Å². The van der Waals surface area contributed by atoms with E-state index >= 15 is 0 Å². The molecule has 170 valence electrons. The first-order valence-electron chi connectivity index (χ1n) is 11.2. The Labute approximate surface area is 191 Å². The molecule has 0 aliphatic heterocycles. The highest BCUT2D eigenvalue weighted by atomic mass is 16.2. The summed E-state index contributed by atoms with van der Waals surface area (Å²) in [5, 5.41) is 7.98. The molecule has 6 nitrogen and oxygen atoms in total. The Morgan fingerprint density at radius 3 is 1.34 bits per heavy atom. The third kappa shape index (κ3) is 9.25. The van der Waals surface area contributed by atoms with Crippen LogP contribution in [0.2, 0.25) is 0 Å². The molecule has 2 aromatic rings. The molecule has 0 radical (unpaired) electrons. The van der Waals surface area contributed by atoms with Crippen molar-refractivity contribution in [1.29, 1.82) is 0 Å². The first-order chi connectivity index (χ1) is 15.3.